The molecule has 118 valence electrons. The van der Waals surface area contributed by atoms with E-state index in [1.165, 1.54) is 0 Å². The van der Waals surface area contributed by atoms with Gasteiger partial charge in [-0.3, -0.25) is 9.80 Å². The molecule has 21 heavy (non-hydrogen) atoms. The molecule has 0 aliphatic carbocycles. The first kappa shape index (κ1) is 16.1. The molecule has 0 aromatic carbocycles. The zero-order chi connectivity index (χ0) is 15.6. The van der Waals surface area contributed by atoms with Crippen LogP contribution >= 0.6 is 0 Å². The number of nitrogens with zero attached hydrogens (tertiary/aromatic N) is 2. The lowest BCUT2D eigenvalue weighted by Gasteiger charge is -2.46. The maximum Gasteiger partial charge on any atom is 0.410 e. The summed E-state index contributed by atoms with van der Waals surface area (Å²) in [6, 6.07) is 0.828. The summed E-state index contributed by atoms with van der Waals surface area (Å²) in [6.45, 7) is 15.3. The summed E-state index contributed by atoms with van der Waals surface area (Å²) in [7, 11) is 0. The molecule has 2 bridgehead atoms. The second kappa shape index (κ2) is 6.22. The molecule has 2 fully saturated rings. The summed E-state index contributed by atoms with van der Waals surface area (Å²) in [5.41, 5.74) is -0.442. The first-order valence-corrected chi connectivity index (χ1v) is 7.84. The SMILES string of the molecule is C=CC[C@@H]1[C@@H]2CC[C@H](CN1CC=C)N2C(=O)OC(C)(C)C. The van der Waals surface area contributed by atoms with Gasteiger partial charge in [-0.1, -0.05) is 12.2 Å². The average Bonchev–Trinajstić information content (AvgIpc) is 2.69. The molecule has 0 radical (unpaired) electrons. The van der Waals surface area contributed by atoms with E-state index >= 15 is 0 Å². The van der Waals surface area contributed by atoms with Crippen LogP contribution in [0.4, 0.5) is 4.79 Å². The van der Waals surface area contributed by atoms with E-state index in [0.717, 1.165) is 32.4 Å². The zero-order valence-electron chi connectivity index (χ0n) is 13.5. The van der Waals surface area contributed by atoms with Gasteiger partial charge in [0.1, 0.15) is 5.60 Å². The molecule has 2 heterocycles. The van der Waals surface area contributed by atoms with Crippen molar-refractivity contribution in [2.75, 3.05) is 13.1 Å². The first-order valence-electron chi connectivity index (χ1n) is 7.84. The molecular weight excluding hydrogens is 264 g/mol. The summed E-state index contributed by atoms with van der Waals surface area (Å²) < 4.78 is 5.60. The predicted molar refractivity (Wildman–Crippen MR) is 85.3 cm³/mol. The molecule has 0 aromatic heterocycles. The monoisotopic (exact) mass is 292 g/mol. The molecule has 0 aromatic rings. The second-order valence-electron chi connectivity index (χ2n) is 7.02. The molecule has 4 heteroatoms. The fraction of sp³-hybridized carbons (Fsp3) is 0.706. The number of carbonyl (C=O) groups excluding carboxylic acids is 1. The fourth-order valence-electron chi connectivity index (χ4n) is 3.57. The first-order chi connectivity index (χ1) is 9.87. The van der Waals surface area contributed by atoms with Crippen molar-refractivity contribution in [3.8, 4) is 0 Å². The van der Waals surface area contributed by atoms with E-state index in [1.807, 2.05) is 37.8 Å². The molecule has 0 unspecified atom stereocenters. The normalized spacial score (nSPS) is 29.3. The van der Waals surface area contributed by atoms with Crippen LogP contribution in [-0.2, 0) is 4.74 Å². The Kier molecular flexibility index (Phi) is 4.77. The minimum absolute atomic E-state index is 0.165. The van der Waals surface area contributed by atoms with Crippen LogP contribution in [0, 0.1) is 0 Å². The molecule has 2 aliphatic heterocycles. The molecule has 0 saturated carbocycles. The molecule has 0 N–H and O–H groups in total. The summed E-state index contributed by atoms with van der Waals surface area (Å²) in [5, 5.41) is 0. The van der Waals surface area contributed by atoms with Crippen molar-refractivity contribution in [1.29, 1.82) is 0 Å². The summed E-state index contributed by atoms with van der Waals surface area (Å²) >= 11 is 0. The molecule has 2 saturated heterocycles. The van der Waals surface area contributed by atoms with Gasteiger partial charge < -0.3 is 4.74 Å². The number of amides is 1. The van der Waals surface area contributed by atoms with Crippen LogP contribution in [0.3, 0.4) is 0 Å². The minimum Gasteiger partial charge on any atom is -0.444 e. The number of hydrogen-bond acceptors (Lipinski definition) is 3. The van der Waals surface area contributed by atoms with Crippen molar-refractivity contribution in [1.82, 2.24) is 9.80 Å². The largest absolute Gasteiger partial charge is 0.444 e. The number of rotatable bonds is 4. The highest BCUT2D eigenvalue weighted by Gasteiger charge is 2.48. The third-order valence-electron chi connectivity index (χ3n) is 4.28. The van der Waals surface area contributed by atoms with Crippen LogP contribution in [-0.4, -0.2) is 52.7 Å². The Morgan fingerprint density at radius 2 is 2.00 bits per heavy atom. The van der Waals surface area contributed by atoms with Gasteiger partial charge >= 0.3 is 6.09 Å². The topological polar surface area (TPSA) is 32.8 Å². The Labute approximate surface area is 128 Å². The Hall–Kier alpha value is -1.29. The molecular formula is C17H28N2O2. The Balaban J connectivity index is 2.16. The van der Waals surface area contributed by atoms with Gasteiger partial charge in [-0.05, 0) is 40.0 Å². The smallest absolute Gasteiger partial charge is 0.410 e. The van der Waals surface area contributed by atoms with Gasteiger partial charge in [0.25, 0.3) is 0 Å². The lowest BCUT2D eigenvalue weighted by Crippen LogP contribution is -2.61. The molecule has 4 nitrogen and oxygen atoms in total. The predicted octanol–water partition coefficient (Wildman–Crippen LogP) is 3.20. The standard InChI is InChI=1S/C17H28N2O2/c1-6-8-14-15-10-9-13(12-18(14)11-7-2)19(15)16(20)21-17(3,4)5/h6-7,13-15H,1-2,8-12H2,3-5H3/t13-,14-,15+/m1/s1. The highest BCUT2D eigenvalue weighted by molar-refractivity contribution is 5.70. The molecule has 1 amide bonds. The van der Waals surface area contributed by atoms with Crippen LogP contribution in [0.15, 0.2) is 25.3 Å². The van der Waals surface area contributed by atoms with E-state index < -0.39 is 5.60 Å². The summed E-state index contributed by atoms with van der Waals surface area (Å²) in [5.74, 6) is 0. The number of hydrogen-bond donors (Lipinski definition) is 0. The second-order valence-corrected chi connectivity index (χ2v) is 7.02. The maximum atomic E-state index is 12.5. The highest BCUT2D eigenvalue weighted by Crippen LogP contribution is 2.36. The van der Waals surface area contributed by atoms with Crippen LogP contribution in [0.1, 0.15) is 40.0 Å². The average molecular weight is 292 g/mol. The van der Waals surface area contributed by atoms with Gasteiger partial charge in [0.2, 0.25) is 0 Å². The molecule has 2 rings (SSSR count). The highest BCUT2D eigenvalue weighted by atomic mass is 16.6. The fourth-order valence-corrected chi connectivity index (χ4v) is 3.57. The molecule has 2 aliphatic rings. The van der Waals surface area contributed by atoms with Crippen LogP contribution < -0.4 is 0 Å². The van der Waals surface area contributed by atoms with Crippen molar-refractivity contribution in [2.24, 2.45) is 0 Å². The van der Waals surface area contributed by atoms with Crippen molar-refractivity contribution in [3.05, 3.63) is 25.3 Å². The minimum atomic E-state index is -0.442. The van der Waals surface area contributed by atoms with E-state index in [9.17, 15) is 4.79 Å². The molecule has 3 atom stereocenters. The van der Waals surface area contributed by atoms with E-state index in [4.69, 9.17) is 4.74 Å². The zero-order valence-corrected chi connectivity index (χ0v) is 13.5. The van der Waals surface area contributed by atoms with Gasteiger partial charge in [-0.25, -0.2) is 4.79 Å². The van der Waals surface area contributed by atoms with Gasteiger partial charge in [-0.15, -0.1) is 13.2 Å². The number of likely N-dealkylation sites (tertiary alicyclic amines) is 1. The quantitative estimate of drug-likeness (QED) is 0.746. The van der Waals surface area contributed by atoms with Crippen LogP contribution in [0.5, 0.6) is 0 Å². The van der Waals surface area contributed by atoms with E-state index in [-0.39, 0.29) is 18.2 Å². The van der Waals surface area contributed by atoms with E-state index in [2.05, 4.69) is 18.1 Å². The summed E-state index contributed by atoms with van der Waals surface area (Å²) in [4.78, 5) is 16.9. The number of ether oxygens (including phenoxy) is 1. The third kappa shape index (κ3) is 3.49. The van der Waals surface area contributed by atoms with Crippen molar-refractivity contribution in [2.45, 2.75) is 63.8 Å². The lowest BCUT2D eigenvalue weighted by atomic mass is 9.99. The van der Waals surface area contributed by atoms with Gasteiger partial charge in [-0.2, -0.15) is 0 Å². The van der Waals surface area contributed by atoms with Gasteiger partial charge in [0.05, 0.1) is 6.04 Å². The van der Waals surface area contributed by atoms with Crippen LogP contribution in [0.2, 0.25) is 0 Å². The van der Waals surface area contributed by atoms with Crippen LogP contribution in [0.25, 0.3) is 0 Å². The van der Waals surface area contributed by atoms with Gasteiger partial charge in [0.15, 0.2) is 0 Å². The lowest BCUT2D eigenvalue weighted by molar-refractivity contribution is -0.0191. The summed E-state index contributed by atoms with van der Waals surface area (Å²) in [6.07, 6.45) is 6.74. The number of fused-ring (bicyclic) bond motifs is 2. The third-order valence-corrected chi connectivity index (χ3v) is 4.28. The van der Waals surface area contributed by atoms with Crippen molar-refractivity contribution >= 4 is 6.09 Å². The van der Waals surface area contributed by atoms with E-state index in [0.29, 0.717) is 6.04 Å². The Bertz CT molecular complexity index is 414. The number of piperazine rings is 1. The Morgan fingerprint density at radius 1 is 1.29 bits per heavy atom. The Morgan fingerprint density at radius 3 is 2.57 bits per heavy atom. The molecule has 0 spiro atoms. The van der Waals surface area contributed by atoms with Crippen molar-refractivity contribution in [3.63, 3.8) is 0 Å². The maximum absolute atomic E-state index is 12.5. The number of carbonyl (C=O) groups is 1. The van der Waals surface area contributed by atoms with E-state index in [1.54, 1.807) is 0 Å². The van der Waals surface area contributed by atoms with Gasteiger partial charge in [0, 0.05) is 25.2 Å². The van der Waals surface area contributed by atoms with Crippen molar-refractivity contribution < 1.29 is 9.53 Å².